The minimum Gasteiger partial charge on any atom is -0.482 e. The molecule has 2 aliphatic heterocycles. The zero-order valence-electron chi connectivity index (χ0n) is 14.8. The Hall–Kier alpha value is -3.34. The molecule has 3 aromatic rings. The lowest BCUT2D eigenvalue weighted by Gasteiger charge is -2.23. The number of fused-ring (bicyclic) bond motifs is 2. The molecular weight excluding hydrogens is 345 g/mol. The molecule has 2 aliphatic rings. The van der Waals surface area contributed by atoms with Crippen LogP contribution in [-0.4, -0.2) is 11.5 Å². The van der Waals surface area contributed by atoms with Crippen LogP contribution in [0.25, 0.3) is 22.1 Å². The zero-order chi connectivity index (χ0) is 18.8. The fourth-order valence-electron chi connectivity index (χ4n) is 3.74. The van der Waals surface area contributed by atoms with Gasteiger partial charge < -0.3 is 14.5 Å². The topological polar surface area (TPSA) is 51.5 Å². The fraction of sp³-hybridized carbons (Fsp3) is 0.136. The van der Waals surface area contributed by atoms with Gasteiger partial charge in [0.15, 0.2) is 0 Å². The highest BCUT2D eigenvalue weighted by molar-refractivity contribution is 6.32. The molecule has 0 atom stereocenters. The van der Waals surface area contributed by atoms with Gasteiger partial charge in [-0.3, -0.25) is 4.79 Å². The van der Waals surface area contributed by atoms with E-state index in [4.69, 9.17) is 9.15 Å². The average Bonchev–Trinajstić information content (AvgIpc) is 3.28. The zero-order valence-corrected chi connectivity index (χ0v) is 14.8. The third-order valence-corrected chi connectivity index (χ3v) is 5.03. The number of benzene rings is 2. The van der Waals surface area contributed by atoms with Crippen molar-refractivity contribution in [3.8, 4) is 0 Å². The maximum atomic E-state index is 13.5. The monoisotopic (exact) mass is 361 g/mol. The average molecular weight is 361 g/mol. The number of rotatable bonds is 1. The largest absolute Gasteiger partial charge is 0.482 e. The van der Waals surface area contributed by atoms with Crippen LogP contribution in [0.4, 0.5) is 10.1 Å². The number of carbonyl (C=O) groups is 1. The van der Waals surface area contributed by atoms with Gasteiger partial charge in [0.05, 0.1) is 17.5 Å². The van der Waals surface area contributed by atoms with Crippen molar-refractivity contribution in [3.05, 3.63) is 77.5 Å². The molecule has 0 unspecified atom stereocenters. The molecule has 0 spiro atoms. The number of hydrogen-bond donors (Lipinski definition) is 1. The summed E-state index contributed by atoms with van der Waals surface area (Å²) in [6.45, 7) is 3.93. The van der Waals surface area contributed by atoms with E-state index in [0.29, 0.717) is 22.6 Å². The van der Waals surface area contributed by atoms with Crippen LogP contribution in [0.2, 0.25) is 0 Å². The van der Waals surface area contributed by atoms with Gasteiger partial charge in [-0.15, -0.1) is 0 Å². The lowest BCUT2D eigenvalue weighted by molar-refractivity contribution is -0.111. The molecule has 4 nitrogen and oxygen atoms in total. The van der Waals surface area contributed by atoms with Crippen molar-refractivity contribution < 1.29 is 18.3 Å². The summed E-state index contributed by atoms with van der Waals surface area (Å²) in [5.41, 5.74) is 3.72. The number of hydrogen-bond acceptors (Lipinski definition) is 3. The molecule has 5 heteroatoms. The summed E-state index contributed by atoms with van der Waals surface area (Å²) in [6.07, 6.45) is 3.56. The Morgan fingerprint density at radius 3 is 2.78 bits per heavy atom. The Morgan fingerprint density at radius 2 is 1.93 bits per heavy atom. The van der Waals surface area contributed by atoms with Crippen LogP contribution in [0.3, 0.4) is 0 Å². The maximum absolute atomic E-state index is 13.5. The lowest BCUT2D eigenvalue weighted by Crippen LogP contribution is -2.21. The number of amides is 1. The standard InChI is InChI=1S/C22H16FNO3/c1-22(2)16(12-3-6-18-13(9-12)7-8-26-18)11-19(27-22)20-15-5-4-14(23)10-17(15)24-21(20)25/h3-11H,1-2H3,(H,24,25)/b20-19+. The second kappa shape index (κ2) is 5.33. The fourth-order valence-corrected chi connectivity index (χ4v) is 3.74. The van der Waals surface area contributed by atoms with Crippen LogP contribution in [-0.2, 0) is 9.53 Å². The summed E-state index contributed by atoms with van der Waals surface area (Å²) in [7, 11) is 0. The van der Waals surface area contributed by atoms with Crippen molar-refractivity contribution in [2.24, 2.45) is 0 Å². The maximum Gasteiger partial charge on any atom is 0.260 e. The highest BCUT2D eigenvalue weighted by atomic mass is 19.1. The minimum absolute atomic E-state index is 0.288. The molecule has 27 heavy (non-hydrogen) atoms. The number of furan rings is 1. The van der Waals surface area contributed by atoms with Gasteiger partial charge in [0, 0.05) is 16.5 Å². The van der Waals surface area contributed by atoms with E-state index in [0.717, 1.165) is 22.1 Å². The third kappa shape index (κ3) is 2.39. The van der Waals surface area contributed by atoms with Crippen LogP contribution < -0.4 is 5.32 Å². The molecule has 2 aromatic carbocycles. The number of carbonyl (C=O) groups excluding carboxylic acids is 1. The summed E-state index contributed by atoms with van der Waals surface area (Å²) < 4.78 is 25.1. The molecule has 1 aromatic heterocycles. The van der Waals surface area contributed by atoms with E-state index < -0.39 is 11.4 Å². The van der Waals surface area contributed by atoms with Gasteiger partial charge in [-0.05, 0) is 61.9 Å². The highest BCUT2D eigenvalue weighted by Gasteiger charge is 2.38. The first-order valence-corrected chi connectivity index (χ1v) is 8.67. The molecule has 1 N–H and O–H groups in total. The van der Waals surface area contributed by atoms with Gasteiger partial charge in [0.25, 0.3) is 5.91 Å². The van der Waals surface area contributed by atoms with Gasteiger partial charge in [0.1, 0.15) is 22.8 Å². The molecule has 5 rings (SSSR count). The Balaban J connectivity index is 1.67. The Morgan fingerprint density at radius 1 is 1.07 bits per heavy atom. The summed E-state index contributed by atoms with van der Waals surface area (Å²) in [5, 5.41) is 3.71. The van der Waals surface area contributed by atoms with Crippen LogP contribution in [0.1, 0.15) is 25.0 Å². The van der Waals surface area contributed by atoms with Gasteiger partial charge >= 0.3 is 0 Å². The SMILES string of the molecule is CC1(C)O/C(=C2/C(=O)Nc3cc(F)ccc32)C=C1c1ccc2occc2c1. The molecule has 0 bridgehead atoms. The third-order valence-electron chi connectivity index (χ3n) is 5.03. The second-order valence-electron chi connectivity index (χ2n) is 7.23. The number of nitrogens with one attached hydrogen (secondary N) is 1. The lowest BCUT2D eigenvalue weighted by atomic mass is 9.91. The van der Waals surface area contributed by atoms with Crippen LogP contribution >= 0.6 is 0 Å². The van der Waals surface area contributed by atoms with E-state index in [9.17, 15) is 9.18 Å². The molecule has 0 fully saturated rings. The van der Waals surface area contributed by atoms with Crippen molar-refractivity contribution in [2.75, 3.05) is 5.32 Å². The van der Waals surface area contributed by atoms with E-state index in [1.807, 2.05) is 44.2 Å². The van der Waals surface area contributed by atoms with Crippen molar-refractivity contribution in [3.63, 3.8) is 0 Å². The summed E-state index contributed by atoms with van der Waals surface area (Å²) in [6, 6.07) is 12.1. The normalized spacial score (nSPS) is 20.4. The summed E-state index contributed by atoms with van der Waals surface area (Å²) in [4.78, 5) is 12.5. The van der Waals surface area contributed by atoms with Crippen molar-refractivity contribution in [1.82, 2.24) is 0 Å². The van der Waals surface area contributed by atoms with Gasteiger partial charge in [-0.25, -0.2) is 4.39 Å². The van der Waals surface area contributed by atoms with Crippen molar-refractivity contribution in [2.45, 2.75) is 19.4 Å². The van der Waals surface area contributed by atoms with E-state index in [2.05, 4.69) is 5.32 Å². The Bertz CT molecular complexity index is 1180. The molecular formula is C22H16FNO3. The van der Waals surface area contributed by atoms with Crippen LogP contribution in [0.15, 0.2) is 65.0 Å². The van der Waals surface area contributed by atoms with E-state index in [1.165, 1.54) is 12.1 Å². The number of ether oxygens (including phenoxy) is 1. The highest BCUT2D eigenvalue weighted by Crippen LogP contribution is 2.44. The molecule has 3 heterocycles. The summed E-state index contributed by atoms with van der Waals surface area (Å²) in [5.74, 6) is -0.188. The van der Waals surface area contributed by atoms with E-state index >= 15 is 0 Å². The Kier molecular flexibility index (Phi) is 3.13. The van der Waals surface area contributed by atoms with Gasteiger partial charge in [0.2, 0.25) is 0 Å². The predicted octanol–water partition coefficient (Wildman–Crippen LogP) is 5.13. The molecule has 0 radical (unpaired) electrons. The summed E-state index contributed by atoms with van der Waals surface area (Å²) >= 11 is 0. The molecule has 1 amide bonds. The quantitative estimate of drug-likeness (QED) is 0.612. The minimum atomic E-state index is -0.608. The van der Waals surface area contributed by atoms with Crippen molar-refractivity contribution >= 4 is 33.7 Å². The number of anilines is 1. The van der Waals surface area contributed by atoms with Gasteiger partial charge in [-0.2, -0.15) is 0 Å². The second-order valence-corrected chi connectivity index (χ2v) is 7.23. The van der Waals surface area contributed by atoms with Crippen LogP contribution in [0.5, 0.6) is 0 Å². The van der Waals surface area contributed by atoms with E-state index in [-0.39, 0.29) is 5.91 Å². The molecule has 0 aliphatic carbocycles. The first-order valence-electron chi connectivity index (χ1n) is 8.67. The predicted molar refractivity (Wildman–Crippen MR) is 101 cm³/mol. The molecule has 0 saturated heterocycles. The first kappa shape index (κ1) is 15.9. The molecule has 134 valence electrons. The Labute approximate surface area is 154 Å². The van der Waals surface area contributed by atoms with Gasteiger partial charge in [-0.1, -0.05) is 6.07 Å². The first-order chi connectivity index (χ1) is 12.9. The van der Waals surface area contributed by atoms with E-state index in [1.54, 1.807) is 12.3 Å². The smallest absolute Gasteiger partial charge is 0.260 e. The number of halogens is 1. The number of allylic oxidation sites excluding steroid dienone is 1. The molecule has 0 saturated carbocycles. The van der Waals surface area contributed by atoms with Crippen molar-refractivity contribution in [1.29, 1.82) is 0 Å². The van der Waals surface area contributed by atoms with Crippen LogP contribution in [0, 0.1) is 5.82 Å².